The summed E-state index contributed by atoms with van der Waals surface area (Å²) in [7, 11) is 3.12. The van der Waals surface area contributed by atoms with Crippen LogP contribution in [0.3, 0.4) is 0 Å². The number of aliphatic hydroxyl groups is 1. The highest BCUT2D eigenvalue weighted by Gasteiger charge is 2.31. The van der Waals surface area contributed by atoms with Gasteiger partial charge >= 0.3 is 11.8 Å². The maximum Gasteiger partial charge on any atom is 0.312 e. The summed E-state index contributed by atoms with van der Waals surface area (Å²) in [5.41, 5.74) is 0.606. The van der Waals surface area contributed by atoms with Gasteiger partial charge in [0.2, 0.25) is 0 Å². The standard InChI is InChI=1S/C14H18N2O4/c1-15-7-8-16(14(19)13(15)18)9-11(17)10-5-3-4-6-12(10)20-2/h3-6,11,17H,7-9H2,1-2H3. The topological polar surface area (TPSA) is 70.1 Å². The van der Waals surface area contributed by atoms with Gasteiger partial charge in [-0.3, -0.25) is 9.59 Å². The van der Waals surface area contributed by atoms with Gasteiger partial charge in [0.25, 0.3) is 0 Å². The molecule has 0 aromatic heterocycles. The third-order valence-corrected chi connectivity index (χ3v) is 3.41. The number of carbonyl (C=O) groups excluding carboxylic acids is 2. The molecule has 1 N–H and O–H groups in total. The molecule has 6 heteroatoms. The van der Waals surface area contributed by atoms with E-state index in [1.54, 1.807) is 31.3 Å². The molecule has 1 saturated heterocycles. The van der Waals surface area contributed by atoms with Crippen molar-refractivity contribution in [2.75, 3.05) is 33.8 Å². The summed E-state index contributed by atoms with van der Waals surface area (Å²) < 4.78 is 5.18. The fourth-order valence-electron chi connectivity index (χ4n) is 2.20. The van der Waals surface area contributed by atoms with E-state index in [9.17, 15) is 14.7 Å². The molecule has 1 atom stereocenters. The van der Waals surface area contributed by atoms with Crippen LogP contribution in [0.1, 0.15) is 11.7 Å². The summed E-state index contributed by atoms with van der Waals surface area (Å²) in [6, 6.07) is 7.08. The monoisotopic (exact) mass is 278 g/mol. The average Bonchev–Trinajstić information content (AvgIpc) is 2.47. The second-order valence-electron chi connectivity index (χ2n) is 4.74. The van der Waals surface area contributed by atoms with E-state index in [0.29, 0.717) is 24.4 Å². The number of piperazine rings is 1. The van der Waals surface area contributed by atoms with Gasteiger partial charge in [0.1, 0.15) is 11.9 Å². The Morgan fingerprint density at radius 3 is 2.65 bits per heavy atom. The lowest BCUT2D eigenvalue weighted by Crippen LogP contribution is -2.53. The number of hydrogen-bond donors (Lipinski definition) is 1. The highest BCUT2D eigenvalue weighted by atomic mass is 16.5. The van der Waals surface area contributed by atoms with Crippen LogP contribution < -0.4 is 4.74 Å². The normalized spacial score (nSPS) is 17.4. The van der Waals surface area contributed by atoms with Crippen LogP contribution in [-0.2, 0) is 9.59 Å². The number of nitrogens with zero attached hydrogens (tertiary/aromatic N) is 2. The quantitative estimate of drug-likeness (QED) is 0.789. The molecule has 2 amide bonds. The Morgan fingerprint density at radius 1 is 1.25 bits per heavy atom. The SMILES string of the molecule is COc1ccccc1C(O)CN1CCN(C)C(=O)C1=O. The third-order valence-electron chi connectivity index (χ3n) is 3.41. The Balaban J connectivity index is 2.10. The maximum atomic E-state index is 11.8. The number of rotatable bonds is 4. The van der Waals surface area contributed by atoms with Crippen molar-refractivity contribution in [3.8, 4) is 5.75 Å². The molecule has 108 valence electrons. The minimum Gasteiger partial charge on any atom is -0.496 e. The lowest BCUT2D eigenvalue weighted by Gasteiger charge is -2.32. The van der Waals surface area contributed by atoms with Gasteiger partial charge in [-0.1, -0.05) is 18.2 Å². The number of benzene rings is 1. The van der Waals surface area contributed by atoms with Gasteiger partial charge in [-0.25, -0.2) is 0 Å². The van der Waals surface area contributed by atoms with Gasteiger partial charge in [0.05, 0.1) is 13.7 Å². The molecule has 2 rings (SSSR count). The molecule has 1 aliphatic heterocycles. The van der Waals surface area contributed by atoms with Gasteiger partial charge in [0, 0.05) is 25.7 Å². The smallest absolute Gasteiger partial charge is 0.312 e. The predicted octanol–water partition coefficient (Wildman–Crippen LogP) is 0.0292. The van der Waals surface area contributed by atoms with Gasteiger partial charge in [-0.15, -0.1) is 0 Å². The first-order valence-corrected chi connectivity index (χ1v) is 6.40. The van der Waals surface area contributed by atoms with Crippen LogP contribution in [0.2, 0.25) is 0 Å². The van der Waals surface area contributed by atoms with Crippen molar-refractivity contribution < 1.29 is 19.4 Å². The van der Waals surface area contributed by atoms with Gasteiger partial charge in [-0.05, 0) is 6.07 Å². The summed E-state index contributed by atoms with van der Waals surface area (Å²) >= 11 is 0. The van der Waals surface area contributed by atoms with Crippen molar-refractivity contribution in [1.82, 2.24) is 9.80 Å². The number of ether oxygens (including phenoxy) is 1. The minimum absolute atomic E-state index is 0.0821. The predicted molar refractivity (Wildman–Crippen MR) is 72.2 cm³/mol. The molecule has 1 aliphatic rings. The highest BCUT2D eigenvalue weighted by Crippen LogP contribution is 2.25. The fraction of sp³-hybridized carbons (Fsp3) is 0.429. The number of amides is 2. The first kappa shape index (κ1) is 14.3. The molecule has 1 unspecified atom stereocenters. The van der Waals surface area contributed by atoms with Crippen molar-refractivity contribution in [2.24, 2.45) is 0 Å². The number of carbonyl (C=O) groups is 2. The Bertz CT molecular complexity index is 518. The molecule has 20 heavy (non-hydrogen) atoms. The zero-order valence-electron chi connectivity index (χ0n) is 11.6. The number of likely N-dealkylation sites (N-methyl/N-ethyl adjacent to an activating group) is 1. The van der Waals surface area contributed by atoms with E-state index in [4.69, 9.17) is 4.74 Å². The molecule has 1 heterocycles. The van der Waals surface area contributed by atoms with Crippen molar-refractivity contribution in [1.29, 1.82) is 0 Å². The molecule has 6 nitrogen and oxygen atoms in total. The van der Waals surface area contributed by atoms with Crippen molar-refractivity contribution in [2.45, 2.75) is 6.10 Å². The molecular weight excluding hydrogens is 260 g/mol. The van der Waals surface area contributed by atoms with E-state index in [0.717, 1.165) is 0 Å². The van der Waals surface area contributed by atoms with E-state index in [1.807, 2.05) is 0 Å². The number of aliphatic hydroxyl groups excluding tert-OH is 1. The molecule has 0 aliphatic carbocycles. The molecule has 0 bridgehead atoms. The zero-order valence-corrected chi connectivity index (χ0v) is 11.6. The van der Waals surface area contributed by atoms with Crippen LogP contribution in [0.4, 0.5) is 0 Å². The molecule has 0 radical (unpaired) electrons. The summed E-state index contributed by atoms with van der Waals surface area (Å²) in [5.74, 6) is -0.552. The van der Waals surface area contributed by atoms with Crippen LogP contribution >= 0.6 is 0 Å². The second kappa shape index (κ2) is 5.92. The molecule has 1 fully saturated rings. The Hall–Kier alpha value is -2.08. The van der Waals surface area contributed by atoms with Crippen LogP contribution in [0.15, 0.2) is 24.3 Å². The third kappa shape index (κ3) is 2.75. The van der Waals surface area contributed by atoms with Crippen molar-refractivity contribution in [3.63, 3.8) is 0 Å². The number of β-amino-alcohol motifs (C(OH)–C–C–N with tert-alkyl or cyclic N) is 1. The second-order valence-corrected chi connectivity index (χ2v) is 4.74. The van der Waals surface area contributed by atoms with Crippen LogP contribution in [0, 0.1) is 0 Å². The molecule has 0 spiro atoms. The first-order valence-electron chi connectivity index (χ1n) is 6.40. The molecule has 0 saturated carbocycles. The van der Waals surface area contributed by atoms with Crippen LogP contribution in [0.5, 0.6) is 5.75 Å². The lowest BCUT2D eigenvalue weighted by atomic mass is 10.1. The number of methoxy groups -OCH3 is 1. The minimum atomic E-state index is -0.883. The largest absolute Gasteiger partial charge is 0.496 e. The van der Waals surface area contributed by atoms with E-state index in [-0.39, 0.29) is 6.54 Å². The highest BCUT2D eigenvalue weighted by molar-refractivity contribution is 6.35. The van der Waals surface area contributed by atoms with E-state index in [1.165, 1.54) is 16.9 Å². The van der Waals surface area contributed by atoms with E-state index >= 15 is 0 Å². The summed E-state index contributed by atoms with van der Waals surface area (Å²) in [6.07, 6.45) is -0.883. The van der Waals surface area contributed by atoms with Gasteiger partial charge in [-0.2, -0.15) is 0 Å². The average molecular weight is 278 g/mol. The molecule has 1 aromatic rings. The number of para-hydroxylation sites is 1. The molecule has 1 aromatic carbocycles. The van der Waals surface area contributed by atoms with Gasteiger partial charge in [0.15, 0.2) is 0 Å². The Kier molecular flexibility index (Phi) is 4.24. The number of hydrogen-bond acceptors (Lipinski definition) is 4. The van der Waals surface area contributed by atoms with Crippen LogP contribution in [-0.4, -0.2) is 60.5 Å². The zero-order chi connectivity index (χ0) is 14.7. The van der Waals surface area contributed by atoms with E-state index < -0.39 is 17.9 Å². The lowest BCUT2D eigenvalue weighted by molar-refractivity contribution is -0.155. The van der Waals surface area contributed by atoms with Crippen LogP contribution in [0.25, 0.3) is 0 Å². The van der Waals surface area contributed by atoms with Gasteiger partial charge < -0.3 is 19.6 Å². The molecular formula is C14H18N2O4. The van der Waals surface area contributed by atoms with E-state index in [2.05, 4.69) is 0 Å². The Morgan fingerprint density at radius 2 is 1.95 bits per heavy atom. The fourth-order valence-corrected chi connectivity index (χ4v) is 2.20. The summed E-state index contributed by atoms with van der Waals surface area (Å²) in [6.45, 7) is 0.981. The summed E-state index contributed by atoms with van der Waals surface area (Å²) in [5, 5.41) is 10.3. The van der Waals surface area contributed by atoms with Crippen molar-refractivity contribution >= 4 is 11.8 Å². The van der Waals surface area contributed by atoms with Crippen molar-refractivity contribution in [3.05, 3.63) is 29.8 Å². The first-order chi connectivity index (χ1) is 9.54. The Labute approximate surface area is 117 Å². The maximum absolute atomic E-state index is 11.8. The summed E-state index contributed by atoms with van der Waals surface area (Å²) in [4.78, 5) is 26.2.